The molecule has 106 valence electrons. The second-order valence-electron chi connectivity index (χ2n) is 5.25. The molecule has 0 spiro atoms. The second-order valence-corrected chi connectivity index (χ2v) is 6.90. The van der Waals surface area contributed by atoms with Crippen LogP contribution in [0.4, 0.5) is 0 Å². The SMILES string of the molecule is CC(C)C[C@H](NS(=O)(=O)N1CCCC1C)C(=O)O. The number of carbonyl (C=O) groups is 1. The van der Waals surface area contributed by atoms with E-state index in [0.29, 0.717) is 6.54 Å². The van der Waals surface area contributed by atoms with Crippen LogP contribution in [0, 0.1) is 5.92 Å². The molecule has 0 aromatic rings. The summed E-state index contributed by atoms with van der Waals surface area (Å²) in [6.45, 7) is 6.03. The molecule has 2 N–H and O–H groups in total. The van der Waals surface area contributed by atoms with Gasteiger partial charge in [-0.05, 0) is 32.1 Å². The van der Waals surface area contributed by atoms with Crippen LogP contribution in [0.15, 0.2) is 0 Å². The molecule has 0 aromatic heterocycles. The predicted molar refractivity (Wildman–Crippen MR) is 68.3 cm³/mol. The van der Waals surface area contributed by atoms with E-state index in [1.54, 1.807) is 0 Å². The maximum absolute atomic E-state index is 12.1. The predicted octanol–water partition coefficient (Wildman–Crippen LogP) is 0.804. The van der Waals surface area contributed by atoms with Gasteiger partial charge in [-0.2, -0.15) is 17.4 Å². The van der Waals surface area contributed by atoms with Crippen molar-refractivity contribution in [2.24, 2.45) is 5.92 Å². The quantitative estimate of drug-likeness (QED) is 0.752. The first kappa shape index (κ1) is 15.4. The molecule has 1 unspecified atom stereocenters. The van der Waals surface area contributed by atoms with Gasteiger partial charge in [-0.1, -0.05) is 13.8 Å². The van der Waals surface area contributed by atoms with Crippen molar-refractivity contribution in [1.29, 1.82) is 0 Å². The Labute approximate surface area is 109 Å². The van der Waals surface area contributed by atoms with Crippen LogP contribution in [0.5, 0.6) is 0 Å². The molecule has 1 saturated heterocycles. The average molecular weight is 278 g/mol. The molecule has 7 heteroatoms. The van der Waals surface area contributed by atoms with Gasteiger partial charge in [0.25, 0.3) is 10.2 Å². The van der Waals surface area contributed by atoms with Gasteiger partial charge in [-0.25, -0.2) is 0 Å². The van der Waals surface area contributed by atoms with E-state index in [0.717, 1.165) is 12.8 Å². The third-order valence-corrected chi connectivity index (χ3v) is 4.84. The van der Waals surface area contributed by atoms with Crippen LogP contribution in [0.25, 0.3) is 0 Å². The van der Waals surface area contributed by atoms with E-state index < -0.39 is 22.2 Å². The number of nitrogens with zero attached hydrogens (tertiary/aromatic N) is 1. The van der Waals surface area contributed by atoms with Crippen LogP contribution >= 0.6 is 0 Å². The molecule has 0 aliphatic carbocycles. The van der Waals surface area contributed by atoms with Crippen LogP contribution in [0.1, 0.15) is 40.0 Å². The minimum atomic E-state index is -3.70. The summed E-state index contributed by atoms with van der Waals surface area (Å²) >= 11 is 0. The minimum absolute atomic E-state index is 0.0593. The third-order valence-electron chi connectivity index (χ3n) is 3.10. The summed E-state index contributed by atoms with van der Waals surface area (Å²) in [7, 11) is -3.70. The third kappa shape index (κ3) is 3.93. The molecule has 0 amide bonds. The molecule has 1 rings (SSSR count). The summed E-state index contributed by atoms with van der Waals surface area (Å²) in [6, 6.07) is -1.11. The summed E-state index contributed by atoms with van der Waals surface area (Å²) < 4.78 is 27.8. The molecule has 0 aromatic carbocycles. The van der Waals surface area contributed by atoms with Crippen molar-refractivity contribution in [3.05, 3.63) is 0 Å². The van der Waals surface area contributed by atoms with Crippen LogP contribution < -0.4 is 4.72 Å². The Kier molecular flexibility index (Phi) is 5.12. The zero-order chi connectivity index (χ0) is 13.9. The molecule has 6 nitrogen and oxygen atoms in total. The summed E-state index contributed by atoms with van der Waals surface area (Å²) in [5.74, 6) is -1.01. The van der Waals surface area contributed by atoms with E-state index >= 15 is 0 Å². The zero-order valence-corrected chi connectivity index (χ0v) is 11.9. The Morgan fingerprint density at radius 3 is 2.50 bits per heavy atom. The number of aliphatic carboxylic acids is 1. The fraction of sp³-hybridized carbons (Fsp3) is 0.909. The van der Waals surface area contributed by atoms with Gasteiger partial charge >= 0.3 is 5.97 Å². The highest BCUT2D eigenvalue weighted by Crippen LogP contribution is 2.20. The Morgan fingerprint density at radius 2 is 2.11 bits per heavy atom. The van der Waals surface area contributed by atoms with Gasteiger partial charge in [-0.15, -0.1) is 0 Å². The van der Waals surface area contributed by atoms with Crippen molar-refractivity contribution in [3.8, 4) is 0 Å². The maximum atomic E-state index is 12.1. The van der Waals surface area contributed by atoms with E-state index in [1.165, 1.54) is 4.31 Å². The van der Waals surface area contributed by atoms with E-state index in [-0.39, 0.29) is 18.4 Å². The molecule has 0 radical (unpaired) electrons. The topological polar surface area (TPSA) is 86.7 Å². The highest BCUT2D eigenvalue weighted by molar-refractivity contribution is 7.87. The molecule has 1 fully saturated rings. The second kappa shape index (κ2) is 5.99. The molecule has 0 bridgehead atoms. The molecule has 1 heterocycles. The molecular formula is C11H22N2O4S. The van der Waals surface area contributed by atoms with Crippen LogP contribution in [0.2, 0.25) is 0 Å². The number of hydrogen-bond acceptors (Lipinski definition) is 3. The summed E-state index contributed by atoms with van der Waals surface area (Å²) in [4.78, 5) is 11.1. The number of hydrogen-bond donors (Lipinski definition) is 2. The van der Waals surface area contributed by atoms with Crippen molar-refractivity contribution in [2.75, 3.05) is 6.54 Å². The molecular weight excluding hydrogens is 256 g/mol. The highest BCUT2D eigenvalue weighted by Gasteiger charge is 2.34. The fourth-order valence-electron chi connectivity index (χ4n) is 2.18. The smallest absolute Gasteiger partial charge is 0.321 e. The van der Waals surface area contributed by atoms with Crippen molar-refractivity contribution in [2.45, 2.75) is 52.1 Å². The Balaban J connectivity index is 2.76. The lowest BCUT2D eigenvalue weighted by atomic mass is 10.1. The van der Waals surface area contributed by atoms with Crippen LogP contribution in [-0.2, 0) is 15.0 Å². The normalized spacial score (nSPS) is 23.4. The summed E-state index contributed by atoms with van der Waals surface area (Å²) in [5, 5.41) is 9.05. The number of carboxylic acids is 1. The van der Waals surface area contributed by atoms with Gasteiger partial charge in [0.05, 0.1) is 0 Å². The minimum Gasteiger partial charge on any atom is -0.480 e. The molecule has 2 atom stereocenters. The lowest BCUT2D eigenvalue weighted by Gasteiger charge is -2.24. The zero-order valence-electron chi connectivity index (χ0n) is 11.1. The van der Waals surface area contributed by atoms with Crippen molar-refractivity contribution in [3.63, 3.8) is 0 Å². The Bertz CT molecular complexity index is 394. The van der Waals surface area contributed by atoms with Crippen molar-refractivity contribution in [1.82, 2.24) is 9.03 Å². The summed E-state index contributed by atoms with van der Waals surface area (Å²) in [5.41, 5.74) is 0. The molecule has 0 saturated carbocycles. The van der Waals surface area contributed by atoms with Crippen molar-refractivity contribution >= 4 is 16.2 Å². The first-order chi connectivity index (χ1) is 8.24. The lowest BCUT2D eigenvalue weighted by Crippen LogP contribution is -2.49. The largest absolute Gasteiger partial charge is 0.480 e. The van der Waals surface area contributed by atoms with Crippen LogP contribution in [0.3, 0.4) is 0 Å². The first-order valence-electron chi connectivity index (χ1n) is 6.26. The van der Waals surface area contributed by atoms with E-state index in [2.05, 4.69) is 4.72 Å². The van der Waals surface area contributed by atoms with Crippen molar-refractivity contribution < 1.29 is 18.3 Å². The van der Waals surface area contributed by atoms with Gasteiger partial charge in [0.1, 0.15) is 6.04 Å². The molecule has 18 heavy (non-hydrogen) atoms. The van der Waals surface area contributed by atoms with Gasteiger partial charge < -0.3 is 5.11 Å². The van der Waals surface area contributed by atoms with Gasteiger partial charge in [0, 0.05) is 12.6 Å². The Hall–Kier alpha value is -0.660. The molecule has 1 aliphatic heterocycles. The van der Waals surface area contributed by atoms with Gasteiger partial charge in [0.15, 0.2) is 0 Å². The van der Waals surface area contributed by atoms with E-state index in [1.807, 2.05) is 20.8 Å². The summed E-state index contributed by atoms with van der Waals surface area (Å²) in [6.07, 6.45) is 1.93. The lowest BCUT2D eigenvalue weighted by molar-refractivity contribution is -0.139. The average Bonchev–Trinajstić information content (AvgIpc) is 2.62. The number of rotatable bonds is 6. The number of carboxylic acid groups (broad SMARTS) is 1. The van der Waals surface area contributed by atoms with Gasteiger partial charge in [-0.3, -0.25) is 4.79 Å². The van der Waals surface area contributed by atoms with Crippen LogP contribution in [-0.4, -0.2) is 42.4 Å². The maximum Gasteiger partial charge on any atom is 0.321 e. The number of nitrogens with one attached hydrogen (secondary N) is 1. The van der Waals surface area contributed by atoms with Gasteiger partial charge in [0.2, 0.25) is 0 Å². The molecule has 1 aliphatic rings. The van der Waals surface area contributed by atoms with E-state index in [4.69, 9.17) is 5.11 Å². The highest BCUT2D eigenvalue weighted by atomic mass is 32.2. The standard InChI is InChI=1S/C11H22N2O4S/c1-8(2)7-10(11(14)15)12-18(16,17)13-6-4-5-9(13)3/h8-10,12H,4-7H2,1-3H3,(H,14,15)/t9?,10-/m0/s1. The fourth-order valence-corrected chi connectivity index (χ4v) is 3.82. The monoisotopic (exact) mass is 278 g/mol. The Morgan fingerprint density at radius 1 is 1.50 bits per heavy atom. The van der Waals surface area contributed by atoms with E-state index in [9.17, 15) is 13.2 Å². The first-order valence-corrected chi connectivity index (χ1v) is 7.70.